The van der Waals surface area contributed by atoms with Crippen LogP contribution in [0.1, 0.15) is 75.7 Å². The average Bonchev–Trinajstić information content (AvgIpc) is 2.38. The third-order valence-corrected chi connectivity index (χ3v) is 0.346. The molecule has 0 aromatic heterocycles. The molecule has 0 radical (unpaired) electrons. The van der Waals surface area contributed by atoms with Gasteiger partial charge in [-0.2, -0.15) is 5.10 Å². The monoisotopic (exact) mass is 262 g/mol. The molecular weight excluding hydrogens is 220 g/mol. The van der Waals surface area contributed by atoms with Gasteiger partial charge in [0.1, 0.15) is 0 Å². The molecule has 0 unspecified atom stereocenters. The van der Waals surface area contributed by atoms with E-state index in [0.717, 1.165) is 0 Å². The standard InChI is InChI=1S/C4H10N2.C3H8.C3H6.3C2H6/c1-4-5-6(2)3;2*1-3-2;3*1-2/h4H,1-3H3;3H2,1-2H3;3H,1H2,2H3;3*1-2H3/b5-4-;;;;;. The van der Waals surface area contributed by atoms with E-state index in [1.807, 2.05) is 69.5 Å². The molecule has 0 fully saturated rings. The van der Waals surface area contributed by atoms with E-state index >= 15 is 0 Å². The zero-order chi connectivity index (χ0) is 16.4. The van der Waals surface area contributed by atoms with E-state index in [1.165, 1.54) is 6.42 Å². The second-order valence-corrected chi connectivity index (χ2v) is 2.34. The molecule has 0 saturated carbocycles. The first kappa shape index (κ1) is 36.0. The maximum absolute atomic E-state index is 3.83. The zero-order valence-electron chi connectivity index (χ0n) is 15.5. The van der Waals surface area contributed by atoms with Crippen LogP contribution in [-0.4, -0.2) is 25.3 Å². The van der Waals surface area contributed by atoms with Crippen molar-refractivity contribution in [3.05, 3.63) is 12.7 Å². The molecule has 18 heavy (non-hydrogen) atoms. The second kappa shape index (κ2) is 97.2. The Morgan fingerprint density at radius 2 is 1.06 bits per heavy atom. The number of hydrazone groups is 1. The minimum Gasteiger partial charge on any atom is -0.304 e. The van der Waals surface area contributed by atoms with E-state index in [-0.39, 0.29) is 0 Å². The normalized spacial score (nSPS) is 6.00. The maximum atomic E-state index is 3.83. The van der Waals surface area contributed by atoms with Crippen molar-refractivity contribution in [3.8, 4) is 0 Å². The van der Waals surface area contributed by atoms with E-state index < -0.39 is 0 Å². The third kappa shape index (κ3) is 629. The Kier molecular flexibility index (Phi) is 194. The number of hydrogen-bond donors (Lipinski definition) is 0. The lowest BCUT2D eigenvalue weighted by molar-refractivity contribution is 0.440. The molecule has 0 saturated heterocycles. The Morgan fingerprint density at radius 3 is 1.06 bits per heavy atom. The van der Waals surface area contributed by atoms with E-state index in [9.17, 15) is 0 Å². The Balaban J connectivity index is -0.0000000261. The van der Waals surface area contributed by atoms with Crippen LogP contribution in [0.3, 0.4) is 0 Å². The van der Waals surface area contributed by atoms with Crippen LogP contribution in [0.5, 0.6) is 0 Å². The Hall–Kier alpha value is -0.790. The summed E-state index contributed by atoms with van der Waals surface area (Å²) < 4.78 is 0. The molecule has 0 aliphatic rings. The van der Waals surface area contributed by atoms with Crippen LogP contribution in [0.25, 0.3) is 0 Å². The highest BCUT2D eigenvalue weighted by Gasteiger charge is 1.66. The molecule has 2 nitrogen and oxygen atoms in total. The van der Waals surface area contributed by atoms with Crippen LogP contribution in [0.2, 0.25) is 0 Å². The van der Waals surface area contributed by atoms with Gasteiger partial charge in [0.25, 0.3) is 0 Å². The van der Waals surface area contributed by atoms with Crippen molar-refractivity contribution in [2.24, 2.45) is 5.10 Å². The fourth-order valence-corrected chi connectivity index (χ4v) is 0.231. The minimum atomic E-state index is 1.25. The number of hydrogen-bond acceptors (Lipinski definition) is 2. The summed E-state index contributed by atoms with van der Waals surface area (Å²) in [5.41, 5.74) is 0. The van der Waals surface area contributed by atoms with Crippen molar-refractivity contribution in [2.45, 2.75) is 75.7 Å². The largest absolute Gasteiger partial charge is 0.304 e. The van der Waals surface area contributed by atoms with Gasteiger partial charge in [0, 0.05) is 20.3 Å². The van der Waals surface area contributed by atoms with Gasteiger partial charge in [0.2, 0.25) is 0 Å². The first-order chi connectivity index (χ1) is 8.60. The van der Waals surface area contributed by atoms with Crippen LogP contribution >= 0.6 is 0 Å². The van der Waals surface area contributed by atoms with E-state index in [0.29, 0.717) is 0 Å². The average molecular weight is 263 g/mol. The van der Waals surface area contributed by atoms with Gasteiger partial charge < -0.3 is 5.01 Å². The lowest BCUT2D eigenvalue weighted by Crippen LogP contribution is -2.00. The molecule has 0 rings (SSSR count). The predicted octanol–water partition coefficient (Wildman–Crippen LogP) is 6.24. The number of nitrogens with zero attached hydrogens (tertiary/aromatic N) is 2. The van der Waals surface area contributed by atoms with Crippen molar-refractivity contribution < 1.29 is 0 Å². The van der Waals surface area contributed by atoms with Gasteiger partial charge >= 0.3 is 0 Å². The Labute approximate surface area is 119 Å². The molecule has 0 spiro atoms. The summed E-state index contributed by atoms with van der Waals surface area (Å²) in [6.45, 7) is 23.4. The molecule has 0 heterocycles. The first-order valence-electron chi connectivity index (χ1n) is 7.33. The third-order valence-electron chi connectivity index (χ3n) is 0.346. The predicted molar refractivity (Wildman–Crippen MR) is 93.7 cm³/mol. The lowest BCUT2D eigenvalue weighted by Gasteiger charge is -1.98. The first-order valence-corrected chi connectivity index (χ1v) is 7.33. The van der Waals surface area contributed by atoms with Gasteiger partial charge in [0.05, 0.1) is 0 Å². The fourth-order valence-electron chi connectivity index (χ4n) is 0.231. The zero-order valence-corrected chi connectivity index (χ0v) is 15.5. The van der Waals surface area contributed by atoms with Crippen molar-refractivity contribution in [2.75, 3.05) is 14.1 Å². The molecule has 0 aliphatic carbocycles. The molecule has 2 heteroatoms. The van der Waals surface area contributed by atoms with Gasteiger partial charge in [-0.15, -0.1) is 6.58 Å². The van der Waals surface area contributed by atoms with E-state index in [4.69, 9.17) is 0 Å². The summed E-state index contributed by atoms with van der Waals surface area (Å²) in [5, 5.41) is 5.58. The van der Waals surface area contributed by atoms with Crippen molar-refractivity contribution in [1.82, 2.24) is 5.01 Å². The van der Waals surface area contributed by atoms with Crippen LogP contribution in [0.15, 0.2) is 17.8 Å². The summed E-state index contributed by atoms with van der Waals surface area (Å²) in [5.74, 6) is 0. The highest BCUT2D eigenvalue weighted by Crippen LogP contribution is 1.67. The number of rotatable bonds is 1. The van der Waals surface area contributed by atoms with Crippen molar-refractivity contribution in [1.29, 1.82) is 0 Å². The van der Waals surface area contributed by atoms with Crippen LogP contribution in [-0.2, 0) is 0 Å². The SMILES string of the molecule is C/C=N\N(C)C.C=CC.CC.CC.CC.CCC. The molecule has 0 N–H and O–H groups in total. The summed E-state index contributed by atoms with van der Waals surface area (Å²) in [6, 6.07) is 0. The lowest BCUT2D eigenvalue weighted by atomic mass is 10.6. The van der Waals surface area contributed by atoms with Crippen molar-refractivity contribution >= 4 is 6.21 Å². The molecule has 0 amide bonds. The summed E-state index contributed by atoms with van der Waals surface area (Å²) in [7, 11) is 3.78. The van der Waals surface area contributed by atoms with Crippen LogP contribution in [0.4, 0.5) is 0 Å². The van der Waals surface area contributed by atoms with Crippen LogP contribution in [0, 0.1) is 0 Å². The van der Waals surface area contributed by atoms with Gasteiger partial charge in [-0.25, -0.2) is 0 Å². The Bertz CT molecular complexity index is 87.1. The fraction of sp³-hybridized carbons (Fsp3) is 0.812. The van der Waals surface area contributed by atoms with Gasteiger partial charge in [-0.05, 0) is 13.8 Å². The molecule has 0 atom stereocenters. The maximum Gasteiger partial charge on any atom is 0.0244 e. The Morgan fingerprint density at radius 1 is 0.889 bits per heavy atom. The van der Waals surface area contributed by atoms with Crippen LogP contribution < -0.4 is 0 Å². The summed E-state index contributed by atoms with van der Waals surface area (Å²) in [6.07, 6.45) is 4.75. The highest BCUT2D eigenvalue weighted by atomic mass is 15.4. The van der Waals surface area contributed by atoms with Gasteiger partial charge in [0.15, 0.2) is 0 Å². The molecule has 116 valence electrons. The molecule has 0 aromatic rings. The quantitative estimate of drug-likeness (QED) is 0.310. The topological polar surface area (TPSA) is 15.6 Å². The minimum absolute atomic E-state index is 1.25. The number of allylic oxidation sites excluding steroid dienone is 1. The van der Waals surface area contributed by atoms with Gasteiger partial charge in [-0.3, -0.25) is 0 Å². The van der Waals surface area contributed by atoms with Gasteiger partial charge in [-0.1, -0.05) is 67.9 Å². The molecular formula is C16H42N2. The summed E-state index contributed by atoms with van der Waals surface area (Å²) >= 11 is 0. The second-order valence-electron chi connectivity index (χ2n) is 2.34. The summed E-state index contributed by atoms with van der Waals surface area (Å²) in [4.78, 5) is 0. The van der Waals surface area contributed by atoms with E-state index in [1.54, 1.807) is 17.3 Å². The molecule has 0 aliphatic heterocycles. The van der Waals surface area contributed by atoms with Crippen molar-refractivity contribution in [3.63, 3.8) is 0 Å². The molecule has 0 bridgehead atoms. The highest BCUT2D eigenvalue weighted by molar-refractivity contribution is 5.52. The van der Waals surface area contributed by atoms with E-state index in [2.05, 4.69) is 25.5 Å². The molecule has 0 aromatic carbocycles. The smallest absolute Gasteiger partial charge is 0.0244 e.